The minimum atomic E-state index is -0.166. The molecule has 3 heterocycles. The van der Waals surface area contributed by atoms with Crippen LogP contribution in [0.1, 0.15) is 41.4 Å². The first-order valence-electron chi connectivity index (χ1n) is 10.1. The lowest BCUT2D eigenvalue weighted by Crippen LogP contribution is -2.38. The molecule has 1 fully saturated rings. The molecule has 158 valence electrons. The van der Waals surface area contributed by atoms with Gasteiger partial charge in [0.2, 0.25) is 0 Å². The van der Waals surface area contributed by atoms with Crippen LogP contribution in [-0.2, 0) is 0 Å². The number of nitrogens with one attached hydrogen (secondary N) is 1. The standard InChI is InChI=1S/C22H26N4O3S/c1-13-7-5-6-10-26(13)20-18-14(2)19(30-22(18)24-12-23-20)21(27)25-15-8-9-16(28-3)17(11-15)29-4/h8-9,11-13H,5-7,10H2,1-4H3,(H,25,27)/t13-/m0/s1. The highest BCUT2D eigenvalue weighted by molar-refractivity contribution is 7.20. The van der Waals surface area contributed by atoms with Crippen molar-refractivity contribution in [1.82, 2.24) is 9.97 Å². The molecule has 0 spiro atoms. The molecule has 0 unspecified atom stereocenters. The van der Waals surface area contributed by atoms with Crippen molar-refractivity contribution in [3.05, 3.63) is 35.0 Å². The zero-order valence-corrected chi connectivity index (χ0v) is 18.5. The van der Waals surface area contributed by atoms with Gasteiger partial charge < -0.3 is 19.7 Å². The number of nitrogens with zero attached hydrogens (tertiary/aromatic N) is 3. The summed E-state index contributed by atoms with van der Waals surface area (Å²) in [5, 5.41) is 3.95. The zero-order chi connectivity index (χ0) is 21.3. The van der Waals surface area contributed by atoms with E-state index in [1.165, 1.54) is 17.8 Å². The molecule has 4 rings (SSSR count). The Kier molecular flexibility index (Phi) is 5.76. The van der Waals surface area contributed by atoms with Gasteiger partial charge in [0.1, 0.15) is 17.0 Å². The van der Waals surface area contributed by atoms with Crippen LogP contribution in [0.4, 0.5) is 11.5 Å². The third-order valence-corrected chi connectivity index (χ3v) is 6.83. The lowest BCUT2D eigenvalue weighted by atomic mass is 10.0. The molecule has 3 aromatic rings. The Morgan fingerprint density at radius 1 is 1.20 bits per heavy atom. The molecule has 0 saturated carbocycles. The summed E-state index contributed by atoms with van der Waals surface area (Å²) < 4.78 is 10.6. The number of hydrogen-bond donors (Lipinski definition) is 1. The van der Waals surface area contributed by atoms with E-state index in [9.17, 15) is 4.79 Å². The highest BCUT2D eigenvalue weighted by atomic mass is 32.1. The Bertz CT molecular complexity index is 1080. The highest BCUT2D eigenvalue weighted by Gasteiger charge is 2.26. The highest BCUT2D eigenvalue weighted by Crippen LogP contribution is 2.37. The number of aromatic nitrogens is 2. The number of anilines is 2. The Labute approximate surface area is 180 Å². The molecule has 0 bridgehead atoms. The monoisotopic (exact) mass is 426 g/mol. The topological polar surface area (TPSA) is 76.6 Å². The van der Waals surface area contributed by atoms with Crippen LogP contribution in [0.15, 0.2) is 24.5 Å². The largest absolute Gasteiger partial charge is 0.493 e. The maximum Gasteiger partial charge on any atom is 0.266 e. The number of methoxy groups -OCH3 is 2. The fourth-order valence-electron chi connectivity index (χ4n) is 4.00. The van der Waals surface area contributed by atoms with Crippen LogP contribution in [0.2, 0.25) is 0 Å². The predicted molar refractivity (Wildman–Crippen MR) is 120 cm³/mol. The molecule has 1 N–H and O–H groups in total. The van der Waals surface area contributed by atoms with Gasteiger partial charge in [0.05, 0.1) is 24.5 Å². The molecule has 7 nitrogen and oxygen atoms in total. The molecule has 0 aliphatic carbocycles. The number of carbonyl (C=O) groups excluding carboxylic acids is 1. The van der Waals surface area contributed by atoms with Crippen molar-refractivity contribution in [1.29, 1.82) is 0 Å². The van der Waals surface area contributed by atoms with Crippen molar-refractivity contribution in [3.63, 3.8) is 0 Å². The van der Waals surface area contributed by atoms with E-state index in [4.69, 9.17) is 9.47 Å². The molecule has 30 heavy (non-hydrogen) atoms. The molecule has 1 aliphatic heterocycles. The van der Waals surface area contributed by atoms with E-state index in [0.29, 0.717) is 28.1 Å². The molecule has 8 heteroatoms. The van der Waals surface area contributed by atoms with Gasteiger partial charge in [-0.1, -0.05) is 0 Å². The molecule has 1 aromatic carbocycles. The van der Waals surface area contributed by atoms with Gasteiger partial charge >= 0.3 is 0 Å². The van der Waals surface area contributed by atoms with Gasteiger partial charge in [0.25, 0.3) is 5.91 Å². The van der Waals surface area contributed by atoms with Gasteiger partial charge in [-0.05, 0) is 50.8 Å². The summed E-state index contributed by atoms with van der Waals surface area (Å²) in [5.41, 5.74) is 1.56. The Balaban J connectivity index is 1.67. The molecule has 1 aliphatic rings. The quantitative estimate of drug-likeness (QED) is 0.640. The van der Waals surface area contributed by atoms with Crippen LogP contribution in [0.5, 0.6) is 11.5 Å². The number of ether oxygens (including phenoxy) is 2. The summed E-state index contributed by atoms with van der Waals surface area (Å²) in [6, 6.07) is 5.75. The normalized spacial score (nSPS) is 16.5. The Morgan fingerprint density at radius 3 is 2.73 bits per heavy atom. The first-order chi connectivity index (χ1) is 14.5. The van der Waals surface area contributed by atoms with Crippen LogP contribution < -0.4 is 19.7 Å². The van der Waals surface area contributed by atoms with E-state index in [1.54, 1.807) is 38.7 Å². The molecular weight excluding hydrogens is 400 g/mol. The van der Waals surface area contributed by atoms with Crippen molar-refractivity contribution in [2.45, 2.75) is 39.2 Å². The van der Waals surface area contributed by atoms with E-state index in [2.05, 4.69) is 27.1 Å². The maximum absolute atomic E-state index is 13.1. The van der Waals surface area contributed by atoms with Crippen molar-refractivity contribution < 1.29 is 14.3 Å². The smallest absolute Gasteiger partial charge is 0.266 e. The molecular formula is C22H26N4O3S. The number of hydrogen-bond acceptors (Lipinski definition) is 7. The molecule has 2 aromatic heterocycles. The number of thiophene rings is 1. The number of rotatable bonds is 5. The van der Waals surface area contributed by atoms with E-state index < -0.39 is 0 Å². The summed E-state index contributed by atoms with van der Waals surface area (Å²) in [4.78, 5) is 26.0. The third-order valence-electron chi connectivity index (χ3n) is 5.63. The van der Waals surface area contributed by atoms with E-state index in [1.807, 2.05) is 6.92 Å². The van der Waals surface area contributed by atoms with Crippen LogP contribution in [0.3, 0.4) is 0 Å². The van der Waals surface area contributed by atoms with Crippen LogP contribution in [0.25, 0.3) is 10.2 Å². The van der Waals surface area contributed by atoms with Crippen LogP contribution in [-0.4, -0.2) is 42.7 Å². The van der Waals surface area contributed by atoms with Crippen molar-refractivity contribution in [2.75, 3.05) is 31.0 Å². The lowest BCUT2D eigenvalue weighted by Gasteiger charge is -2.34. The first kappa shape index (κ1) is 20.4. The number of fused-ring (bicyclic) bond motifs is 1. The average Bonchev–Trinajstić information content (AvgIpc) is 3.11. The molecule has 1 saturated heterocycles. The number of aryl methyl sites for hydroxylation is 1. The van der Waals surface area contributed by atoms with Crippen LogP contribution in [0, 0.1) is 6.92 Å². The SMILES string of the molecule is COc1ccc(NC(=O)c2sc3ncnc(N4CCCC[C@@H]4C)c3c2C)cc1OC. The Morgan fingerprint density at radius 2 is 2.00 bits per heavy atom. The zero-order valence-electron chi connectivity index (χ0n) is 17.7. The molecule has 1 atom stereocenters. The summed E-state index contributed by atoms with van der Waals surface area (Å²) in [6.45, 7) is 5.19. The van der Waals surface area contributed by atoms with Crippen molar-refractivity contribution in [2.24, 2.45) is 0 Å². The fraction of sp³-hybridized carbons (Fsp3) is 0.409. The summed E-state index contributed by atoms with van der Waals surface area (Å²) >= 11 is 1.40. The van der Waals surface area contributed by atoms with Gasteiger partial charge in [0, 0.05) is 24.3 Å². The minimum Gasteiger partial charge on any atom is -0.493 e. The average molecular weight is 427 g/mol. The maximum atomic E-state index is 13.1. The van der Waals surface area contributed by atoms with Gasteiger partial charge in [-0.2, -0.15) is 0 Å². The second kappa shape index (κ2) is 8.47. The van der Waals surface area contributed by atoms with Crippen molar-refractivity contribution >= 4 is 39.0 Å². The van der Waals surface area contributed by atoms with Crippen LogP contribution >= 0.6 is 11.3 Å². The van der Waals surface area contributed by atoms with Gasteiger partial charge in [0.15, 0.2) is 11.5 Å². The number of amides is 1. The number of piperidine rings is 1. The Hall–Kier alpha value is -2.87. The second-order valence-corrected chi connectivity index (χ2v) is 8.49. The van der Waals surface area contributed by atoms with E-state index in [0.717, 1.165) is 41.0 Å². The van der Waals surface area contributed by atoms with Crippen molar-refractivity contribution in [3.8, 4) is 11.5 Å². The summed E-state index contributed by atoms with van der Waals surface area (Å²) in [6.07, 6.45) is 5.16. The van der Waals surface area contributed by atoms with Gasteiger partial charge in [-0.25, -0.2) is 9.97 Å². The third kappa shape index (κ3) is 3.67. The van der Waals surface area contributed by atoms with Gasteiger partial charge in [-0.3, -0.25) is 4.79 Å². The predicted octanol–water partition coefficient (Wildman–Crippen LogP) is 4.65. The summed E-state index contributed by atoms with van der Waals surface area (Å²) in [5.74, 6) is 1.95. The fourth-order valence-corrected chi connectivity index (χ4v) is 5.04. The lowest BCUT2D eigenvalue weighted by molar-refractivity contribution is 0.103. The second-order valence-electron chi connectivity index (χ2n) is 7.50. The van der Waals surface area contributed by atoms with E-state index >= 15 is 0 Å². The minimum absolute atomic E-state index is 0.166. The molecule has 1 amide bonds. The van der Waals surface area contributed by atoms with E-state index in [-0.39, 0.29) is 5.91 Å². The number of carbonyl (C=O) groups is 1. The van der Waals surface area contributed by atoms with Gasteiger partial charge in [-0.15, -0.1) is 11.3 Å². The first-order valence-corrected chi connectivity index (χ1v) is 10.9. The molecule has 0 radical (unpaired) electrons. The number of benzene rings is 1. The summed E-state index contributed by atoms with van der Waals surface area (Å²) in [7, 11) is 3.15.